The van der Waals surface area contributed by atoms with Crippen LogP contribution >= 0.6 is 0 Å². The summed E-state index contributed by atoms with van der Waals surface area (Å²) in [6, 6.07) is 11.8. The Labute approximate surface area is 119 Å². The highest BCUT2D eigenvalue weighted by molar-refractivity contribution is 6.02. The average Bonchev–Trinajstić information content (AvgIpc) is 2.90. The third-order valence-electron chi connectivity index (χ3n) is 3.92. The van der Waals surface area contributed by atoms with Gasteiger partial charge < -0.3 is 4.90 Å². The van der Waals surface area contributed by atoms with Crippen LogP contribution in [0.3, 0.4) is 0 Å². The molecule has 3 rings (SSSR count). The fraction of sp³-hybridized carbons (Fsp3) is 0.294. The van der Waals surface area contributed by atoms with E-state index in [4.69, 9.17) is 0 Å². The fourth-order valence-electron chi connectivity index (χ4n) is 2.81. The summed E-state index contributed by atoms with van der Waals surface area (Å²) in [5.41, 5.74) is 4.01. The molecule has 1 atom stereocenters. The van der Waals surface area contributed by atoms with Crippen molar-refractivity contribution in [2.75, 3.05) is 19.0 Å². The Morgan fingerprint density at radius 1 is 1.25 bits per heavy atom. The number of Topliss-reactive ketones (excluding diaryl/α,β-unsaturated/α-hetero) is 1. The van der Waals surface area contributed by atoms with Crippen LogP contribution in [0.2, 0.25) is 0 Å². The third-order valence-corrected chi connectivity index (χ3v) is 3.92. The number of rotatable bonds is 3. The van der Waals surface area contributed by atoms with Crippen LogP contribution < -0.4 is 4.90 Å². The average molecular weight is 266 g/mol. The lowest BCUT2D eigenvalue weighted by molar-refractivity contribution is 0.0958. The number of fused-ring (bicyclic) bond motifs is 1. The Morgan fingerprint density at radius 3 is 2.90 bits per heavy atom. The molecule has 0 aliphatic heterocycles. The number of anilines is 1. The lowest BCUT2D eigenvalue weighted by Gasteiger charge is -2.15. The molecule has 1 aromatic carbocycles. The molecular weight excluding hydrogens is 248 g/mol. The van der Waals surface area contributed by atoms with Crippen LogP contribution in [-0.2, 0) is 6.42 Å². The Bertz CT molecular complexity index is 649. The first-order chi connectivity index (χ1) is 9.66. The maximum Gasteiger partial charge on any atom is 0.171 e. The van der Waals surface area contributed by atoms with E-state index >= 15 is 0 Å². The molecule has 0 fully saturated rings. The van der Waals surface area contributed by atoms with Gasteiger partial charge in [0.1, 0.15) is 0 Å². The SMILES string of the molecule is CN(C)c1cccc(C(=O)C2CCc3cccnc32)c1. The second-order valence-electron chi connectivity index (χ2n) is 5.45. The second kappa shape index (κ2) is 5.08. The fourth-order valence-corrected chi connectivity index (χ4v) is 2.81. The minimum Gasteiger partial charge on any atom is -0.378 e. The molecule has 0 radical (unpaired) electrons. The number of aromatic nitrogens is 1. The van der Waals surface area contributed by atoms with Crippen molar-refractivity contribution in [2.45, 2.75) is 18.8 Å². The molecule has 0 amide bonds. The van der Waals surface area contributed by atoms with Gasteiger partial charge in [-0.1, -0.05) is 18.2 Å². The number of benzene rings is 1. The van der Waals surface area contributed by atoms with Gasteiger partial charge in [0, 0.05) is 31.5 Å². The van der Waals surface area contributed by atoms with Crippen molar-refractivity contribution >= 4 is 11.5 Å². The molecule has 0 saturated heterocycles. The zero-order chi connectivity index (χ0) is 14.1. The van der Waals surface area contributed by atoms with Crippen molar-refractivity contribution in [3.05, 3.63) is 59.4 Å². The zero-order valence-electron chi connectivity index (χ0n) is 11.8. The number of carbonyl (C=O) groups excluding carboxylic acids is 1. The van der Waals surface area contributed by atoms with E-state index in [9.17, 15) is 4.79 Å². The summed E-state index contributed by atoms with van der Waals surface area (Å²) in [6.45, 7) is 0. The Hall–Kier alpha value is -2.16. The van der Waals surface area contributed by atoms with Crippen LogP contribution in [0.15, 0.2) is 42.6 Å². The highest BCUT2D eigenvalue weighted by Gasteiger charge is 2.30. The summed E-state index contributed by atoms with van der Waals surface area (Å²) in [4.78, 5) is 19.2. The molecule has 3 nitrogen and oxygen atoms in total. The van der Waals surface area contributed by atoms with Crippen molar-refractivity contribution < 1.29 is 4.79 Å². The number of hydrogen-bond donors (Lipinski definition) is 0. The van der Waals surface area contributed by atoms with Gasteiger partial charge in [0.05, 0.1) is 11.6 Å². The summed E-state index contributed by atoms with van der Waals surface area (Å²) in [5.74, 6) is 0.106. The van der Waals surface area contributed by atoms with Crippen molar-refractivity contribution in [3.8, 4) is 0 Å². The van der Waals surface area contributed by atoms with E-state index < -0.39 is 0 Å². The standard InChI is InChI=1S/C17H18N2O/c1-19(2)14-7-3-5-13(11-14)17(20)15-9-8-12-6-4-10-18-16(12)15/h3-7,10-11,15H,8-9H2,1-2H3. The van der Waals surface area contributed by atoms with Crippen LogP contribution in [0.4, 0.5) is 5.69 Å². The minimum atomic E-state index is -0.0800. The highest BCUT2D eigenvalue weighted by atomic mass is 16.1. The van der Waals surface area contributed by atoms with Crippen molar-refractivity contribution in [1.29, 1.82) is 0 Å². The predicted octanol–water partition coefficient (Wildman–Crippen LogP) is 3.06. The number of ketones is 1. The van der Waals surface area contributed by atoms with Gasteiger partial charge in [-0.05, 0) is 36.6 Å². The summed E-state index contributed by atoms with van der Waals surface area (Å²) < 4.78 is 0. The largest absolute Gasteiger partial charge is 0.378 e. The number of pyridine rings is 1. The molecule has 0 saturated carbocycles. The van der Waals surface area contributed by atoms with Gasteiger partial charge in [-0.3, -0.25) is 9.78 Å². The van der Waals surface area contributed by atoms with E-state index in [2.05, 4.69) is 11.1 Å². The number of carbonyl (C=O) groups is 1. The summed E-state index contributed by atoms with van der Waals surface area (Å²) in [7, 11) is 3.96. The minimum absolute atomic E-state index is 0.0800. The van der Waals surface area contributed by atoms with Crippen LogP contribution in [0.25, 0.3) is 0 Å². The smallest absolute Gasteiger partial charge is 0.171 e. The molecule has 0 bridgehead atoms. The molecule has 102 valence electrons. The summed E-state index contributed by atoms with van der Waals surface area (Å²) in [5, 5.41) is 0. The first kappa shape index (κ1) is 12.9. The van der Waals surface area contributed by atoms with E-state index in [1.54, 1.807) is 6.20 Å². The third kappa shape index (κ3) is 2.20. The summed E-state index contributed by atoms with van der Waals surface area (Å²) in [6.07, 6.45) is 3.60. The highest BCUT2D eigenvalue weighted by Crippen LogP contribution is 2.34. The first-order valence-corrected chi connectivity index (χ1v) is 6.92. The van der Waals surface area contributed by atoms with Gasteiger partial charge in [0.25, 0.3) is 0 Å². The number of aryl methyl sites for hydroxylation is 1. The molecule has 3 heteroatoms. The van der Waals surface area contributed by atoms with Gasteiger partial charge in [0.15, 0.2) is 5.78 Å². The monoisotopic (exact) mass is 266 g/mol. The molecular formula is C17H18N2O. The zero-order valence-corrected chi connectivity index (χ0v) is 11.8. The molecule has 1 aliphatic rings. The second-order valence-corrected chi connectivity index (χ2v) is 5.45. The molecule has 1 heterocycles. The lowest BCUT2D eigenvalue weighted by atomic mass is 9.95. The Balaban J connectivity index is 1.93. The van der Waals surface area contributed by atoms with Gasteiger partial charge in [-0.15, -0.1) is 0 Å². The molecule has 2 aromatic rings. The first-order valence-electron chi connectivity index (χ1n) is 6.92. The number of hydrogen-bond acceptors (Lipinski definition) is 3. The molecule has 1 aromatic heterocycles. The van der Waals surface area contributed by atoms with Gasteiger partial charge in [-0.2, -0.15) is 0 Å². The van der Waals surface area contributed by atoms with Crippen molar-refractivity contribution in [3.63, 3.8) is 0 Å². The molecule has 0 spiro atoms. The molecule has 1 unspecified atom stereocenters. The Kier molecular flexibility index (Phi) is 3.26. The van der Waals surface area contributed by atoms with Gasteiger partial charge >= 0.3 is 0 Å². The van der Waals surface area contributed by atoms with Crippen molar-refractivity contribution in [1.82, 2.24) is 4.98 Å². The van der Waals surface area contributed by atoms with Crippen LogP contribution in [-0.4, -0.2) is 24.9 Å². The number of nitrogens with zero attached hydrogens (tertiary/aromatic N) is 2. The Morgan fingerprint density at radius 2 is 2.10 bits per heavy atom. The molecule has 0 N–H and O–H groups in total. The lowest BCUT2D eigenvalue weighted by Crippen LogP contribution is -2.13. The maximum absolute atomic E-state index is 12.7. The van der Waals surface area contributed by atoms with Crippen LogP contribution in [0.5, 0.6) is 0 Å². The van der Waals surface area contributed by atoms with Gasteiger partial charge in [0.2, 0.25) is 0 Å². The van der Waals surface area contributed by atoms with E-state index in [0.717, 1.165) is 29.8 Å². The van der Waals surface area contributed by atoms with Crippen LogP contribution in [0.1, 0.15) is 34.0 Å². The topological polar surface area (TPSA) is 33.2 Å². The van der Waals surface area contributed by atoms with E-state index in [1.165, 1.54) is 5.56 Å². The van der Waals surface area contributed by atoms with Crippen LogP contribution in [0, 0.1) is 0 Å². The summed E-state index contributed by atoms with van der Waals surface area (Å²) >= 11 is 0. The normalized spacial score (nSPS) is 16.8. The van der Waals surface area contributed by atoms with Gasteiger partial charge in [-0.25, -0.2) is 0 Å². The predicted molar refractivity (Wildman–Crippen MR) is 80.4 cm³/mol. The van der Waals surface area contributed by atoms with Crippen molar-refractivity contribution in [2.24, 2.45) is 0 Å². The molecule has 20 heavy (non-hydrogen) atoms. The van der Waals surface area contributed by atoms with E-state index in [-0.39, 0.29) is 11.7 Å². The molecule has 1 aliphatic carbocycles. The maximum atomic E-state index is 12.7. The van der Waals surface area contributed by atoms with E-state index in [0.29, 0.717) is 0 Å². The van der Waals surface area contributed by atoms with E-state index in [1.807, 2.05) is 49.3 Å². The quantitative estimate of drug-likeness (QED) is 0.800.